The Morgan fingerprint density at radius 1 is 0.912 bits per heavy atom. The zero-order valence-corrected chi connectivity index (χ0v) is 19.4. The molecule has 0 fully saturated rings. The largest absolute Gasteiger partial charge is 0.478 e. The lowest BCUT2D eigenvalue weighted by Crippen LogP contribution is -2.35. The SMILES string of the molecule is O=C(NC1Cc2ccccc2C1)c1ccc(NC(=O)c2sc3ccccc3c2Cl)c(C(=O)O)c1. The van der Waals surface area contributed by atoms with E-state index in [1.54, 1.807) is 0 Å². The first-order valence-electron chi connectivity index (χ1n) is 10.6. The molecule has 34 heavy (non-hydrogen) atoms. The van der Waals surface area contributed by atoms with Gasteiger partial charge in [0, 0.05) is 21.7 Å². The van der Waals surface area contributed by atoms with Crippen molar-refractivity contribution in [2.75, 3.05) is 5.32 Å². The second-order valence-corrected chi connectivity index (χ2v) is 9.54. The van der Waals surface area contributed by atoms with Gasteiger partial charge in [-0.05, 0) is 48.2 Å². The van der Waals surface area contributed by atoms with Crippen molar-refractivity contribution < 1.29 is 19.5 Å². The number of halogens is 1. The van der Waals surface area contributed by atoms with Crippen LogP contribution in [0.5, 0.6) is 0 Å². The van der Waals surface area contributed by atoms with Crippen LogP contribution in [-0.2, 0) is 12.8 Å². The van der Waals surface area contributed by atoms with Crippen LogP contribution in [0.3, 0.4) is 0 Å². The molecular formula is C26H19ClN2O4S. The maximum absolute atomic E-state index is 12.9. The summed E-state index contributed by atoms with van der Waals surface area (Å²) in [6.07, 6.45) is 1.47. The first-order valence-corrected chi connectivity index (χ1v) is 11.8. The minimum absolute atomic E-state index is 0.0485. The predicted octanol–water partition coefficient (Wildman–Crippen LogP) is 5.40. The number of benzene rings is 3. The van der Waals surface area contributed by atoms with E-state index in [9.17, 15) is 19.5 Å². The van der Waals surface area contributed by atoms with Crippen molar-refractivity contribution in [3.8, 4) is 0 Å². The van der Waals surface area contributed by atoms with Gasteiger partial charge >= 0.3 is 5.97 Å². The van der Waals surface area contributed by atoms with Gasteiger partial charge in [-0.1, -0.05) is 54.1 Å². The molecule has 4 aromatic rings. The van der Waals surface area contributed by atoms with Crippen molar-refractivity contribution in [2.24, 2.45) is 0 Å². The molecule has 2 amide bonds. The highest BCUT2D eigenvalue weighted by Gasteiger charge is 2.24. The van der Waals surface area contributed by atoms with Gasteiger partial charge < -0.3 is 15.7 Å². The first-order chi connectivity index (χ1) is 16.4. The van der Waals surface area contributed by atoms with Gasteiger partial charge in [-0.2, -0.15) is 0 Å². The first kappa shape index (κ1) is 22.1. The van der Waals surface area contributed by atoms with Gasteiger partial charge in [-0.25, -0.2) is 4.79 Å². The number of aromatic carboxylic acids is 1. The Bertz CT molecular complexity index is 1440. The number of amides is 2. The summed E-state index contributed by atoms with van der Waals surface area (Å²) in [6, 6.07) is 19.6. The molecule has 170 valence electrons. The number of nitrogens with one attached hydrogen (secondary N) is 2. The van der Waals surface area contributed by atoms with Crippen LogP contribution in [0.1, 0.15) is 41.5 Å². The Balaban J connectivity index is 1.35. The summed E-state index contributed by atoms with van der Waals surface area (Å²) in [5.41, 5.74) is 2.55. The van der Waals surface area contributed by atoms with Gasteiger partial charge in [0.15, 0.2) is 0 Å². The average Bonchev–Trinajstić information content (AvgIpc) is 3.39. The van der Waals surface area contributed by atoms with Crippen molar-refractivity contribution in [3.05, 3.63) is 98.9 Å². The van der Waals surface area contributed by atoms with E-state index in [4.69, 9.17) is 11.6 Å². The number of carboxylic acid groups (broad SMARTS) is 1. The molecular weight excluding hydrogens is 472 g/mol. The van der Waals surface area contributed by atoms with E-state index >= 15 is 0 Å². The summed E-state index contributed by atoms with van der Waals surface area (Å²) < 4.78 is 0.859. The summed E-state index contributed by atoms with van der Waals surface area (Å²) in [6.45, 7) is 0. The molecule has 0 unspecified atom stereocenters. The van der Waals surface area contributed by atoms with Gasteiger partial charge in [-0.15, -0.1) is 11.3 Å². The lowest BCUT2D eigenvalue weighted by atomic mass is 10.1. The summed E-state index contributed by atoms with van der Waals surface area (Å²) in [5.74, 6) is -2.11. The lowest BCUT2D eigenvalue weighted by Gasteiger charge is -2.14. The number of thiophene rings is 1. The molecule has 1 heterocycles. The second-order valence-electron chi connectivity index (χ2n) is 8.11. The number of carbonyl (C=O) groups excluding carboxylic acids is 2. The highest BCUT2D eigenvalue weighted by molar-refractivity contribution is 7.21. The summed E-state index contributed by atoms with van der Waals surface area (Å²) >= 11 is 7.61. The topological polar surface area (TPSA) is 95.5 Å². The maximum atomic E-state index is 12.9. The van der Waals surface area contributed by atoms with Crippen LogP contribution >= 0.6 is 22.9 Å². The smallest absolute Gasteiger partial charge is 0.337 e. The van der Waals surface area contributed by atoms with E-state index in [2.05, 4.69) is 10.6 Å². The lowest BCUT2D eigenvalue weighted by molar-refractivity contribution is 0.0698. The zero-order valence-electron chi connectivity index (χ0n) is 17.8. The molecule has 0 radical (unpaired) electrons. The molecule has 0 saturated carbocycles. The molecule has 8 heteroatoms. The Hall–Kier alpha value is -3.68. The van der Waals surface area contributed by atoms with Crippen LogP contribution in [-0.4, -0.2) is 28.9 Å². The molecule has 0 aliphatic heterocycles. The third-order valence-electron chi connectivity index (χ3n) is 5.89. The summed E-state index contributed by atoms with van der Waals surface area (Å²) in [5, 5.41) is 16.4. The van der Waals surface area contributed by atoms with Crippen LogP contribution in [0.15, 0.2) is 66.7 Å². The van der Waals surface area contributed by atoms with Crippen molar-refractivity contribution in [1.82, 2.24) is 5.32 Å². The van der Waals surface area contributed by atoms with E-state index in [1.165, 1.54) is 40.7 Å². The van der Waals surface area contributed by atoms with Crippen LogP contribution in [0.25, 0.3) is 10.1 Å². The molecule has 1 aliphatic carbocycles. The molecule has 3 N–H and O–H groups in total. The van der Waals surface area contributed by atoms with Gasteiger partial charge in [0.05, 0.1) is 16.3 Å². The van der Waals surface area contributed by atoms with Crippen molar-refractivity contribution in [3.63, 3.8) is 0 Å². The van der Waals surface area contributed by atoms with E-state index in [1.807, 2.05) is 48.5 Å². The molecule has 0 atom stereocenters. The molecule has 6 nitrogen and oxygen atoms in total. The van der Waals surface area contributed by atoms with Crippen molar-refractivity contribution in [2.45, 2.75) is 18.9 Å². The van der Waals surface area contributed by atoms with E-state index < -0.39 is 11.9 Å². The molecule has 0 bridgehead atoms. The fourth-order valence-corrected chi connectivity index (χ4v) is 5.65. The number of rotatable bonds is 5. The fourth-order valence-electron chi connectivity index (χ4n) is 4.24. The van der Waals surface area contributed by atoms with Gasteiger partial charge in [-0.3, -0.25) is 9.59 Å². The molecule has 3 aromatic carbocycles. The van der Waals surface area contributed by atoms with Crippen molar-refractivity contribution >= 4 is 56.5 Å². The number of fused-ring (bicyclic) bond motifs is 2. The zero-order chi connectivity index (χ0) is 23.8. The molecule has 0 saturated heterocycles. The minimum atomic E-state index is -1.25. The maximum Gasteiger partial charge on any atom is 0.337 e. The minimum Gasteiger partial charge on any atom is -0.478 e. The molecule has 1 aliphatic rings. The third kappa shape index (κ3) is 4.16. The highest BCUT2D eigenvalue weighted by atomic mass is 35.5. The van der Waals surface area contributed by atoms with E-state index in [0.717, 1.165) is 22.9 Å². The number of hydrogen-bond acceptors (Lipinski definition) is 4. The second kappa shape index (κ2) is 8.93. The summed E-state index contributed by atoms with van der Waals surface area (Å²) in [4.78, 5) is 37.9. The standard InChI is InChI=1S/C26H19ClN2O4S/c27-22-18-7-3-4-8-21(18)34-23(22)25(31)29-20-10-9-16(13-19(20)26(32)33)24(30)28-17-11-14-5-1-2-6-15(14)12-17/h1-10,13,17H,11-12H2,(H,28,30)(H,29,31)(H,32,33). The Kier molecular flexibility index (Phi) is 5.81. The van der Waals surface area contributed by atoms with Crippen molar-refractivity contribution in [1.29, 1.82) is 0 Å². The molecule has 0 spiro atoms. The van der Waals surface area contributed by atoms with E-state index in [0.29, 0.717) is 9.90 Å². The average molecular weight is 491 g/mol. The van der Waals surface area contributed by atoms with Crippen LogP contribution in [0.2, 0.25) is 5.02 Å². The van der Waals surface area contributed by atoms with Gasteiger partial charge in [0.2, 0.25) is 0 Å². The number of carbonyl (C=O) groups is 3. The third-order valence-corrected chi connectivity index (χ3v) is 7.56. The number of hydrogen-bond donors (Lipinski definition) is 3. The quantitative estimate of drug-likeness (QED) is 0.349. The van der Waals surface area contributed by atoms with E-state index in [-0.39, 0.29) is 28.8 Å². The predicted molar refractivity (Wildman–Crippen MR) is 133 cm³/mol. The number of anilines is 1. The van der Waals surface area contributed by atoms with Crippen LogP contribution in [0.4, 0.5) is 5.69 Å². The Labute approximate surface area is 204 Å². The Morgan fingerprint density at radius 2 is 1.59 bits per heavy atom. The van der Waals surface area contributed by atoms with Crippen LogP contribution in [0, 0.1) is 0 Å². The highest BCUT2D eigenvalue weighted by Crippen LogP contribution is 2.35. The van der Waals surface area contributed by atoms with Crippen LogP contribution < -0.4 is 10.6 Å². The molecule has 1 aromatic heterocycles. The van der Waals surface area contributed by atoms with Gasteiger partial charge in [0.1, 0.15) is 4.88 Å². The molecule has 5 rings (SSSR count). The fraction of sp³-hybridized carbons (Fsp3) is 0.115. The monoisotopic (exact) mass is 490 g/mol. The number of carboxylic acids is 1. The normalized spacial score (nSPS) is 13.0. The van der Waals surface area contributed by atoms with Gasteiger partial charge in [0.25, 0.3) is 11.8 Å². The Morgan fingerprint density at radius 3 is 2.26 bits per heavy atom. The summed E-state index contributed by atoms with van der Waals surface area (Å²) in [7, 11) is 0.